The first kappa shape index (κ1) is 24.2. The number of rotatable bonds is 9. The van der Waals surface area contributed by atoms with Gasteiger partial charge in [0.1, 0.15) is 5.69 Å². The Labute approximate surface area is 211 Å². The van der Waals surface area contributed by atoms with Crippen molar-refractivity contribution in [1.29, 1.82) is 0 Å². The van der Waals surface area contributed by atoms with Gasteiger partial charge in [-0.2, -0.15) is 9.97 Å². The largest absolute Gasteiger partial charge is 0.463 e. The molecule has 0 bridgehead atoms. The SMILES string of the molecule is CC(C)C(Nc1nc(NCc2ccc(-c3ccco3)nc2)c2ncn(C3CCCC3)c2n1)C(C)(C)O. The molecule has 0 aliphatic heterocycles. The van der Waals surface area contributed by atoms with E-state index in [1.807, 2.05) is 50.6 Å². The van der Waals surface area contributed by atoms with Crippen LogP contribution in [0, 0.1) is 5.92 Å². The van der Waals surface area contributed by atoms with Crippen molar-refractivity contribution in [3.8, 4) is 11.5 Å². The summed E-state index contributed by atoms with van der Waals surface area (Å²) in [5.41, 5.74) is 2.43. The smallest absolute Gasteiger partial charge is 0.227 e. The first-order valence-electron chi connectivity index (χ1n) is 12.8. The average Bonchev–Trinajstić information content (AvgIpc) is 3.62. The summed E-state index contributed by atoms with van der Waals surface area (Å²) in [6.07, 6.45) is 10.1. The van der Waals surface area contributed by atoms with E-state index in [1.54, 1.807) is 6.26 Å². The number of hydrogen-bond acceptors (Lipinski definition) is 8. The van der Waals surface area contributed by atoms with Gasteiger partial charge >= 0.3 is 0 Å². The topological polar surface area (TPSA) is 114 Å². The van der Waals surface area contributed by atoms with Crippen LogP contribution < -0.4 is 10.6 Å². The monoisotopic (exact) mass is 489 g/mol. The zero-order valence-corrected chi connectivity index (χ0v) is 21.4. The Hall–Kier alpha value is -3.46. The highest BCUT2D eigenvalue weighted by molar-refractivity contribution is 5.84. The molecular weight excluding hydrogens is 454 g/mol. The molecule has 0 amide bonds. The Morgan fingerprint density at radius 2 is 1.94 bits per heavy atom. The molecule has 1 aliphatic rings. The van der Waals surface area contributed by atoms with Crippen LogP contribution in [0.25, 0.3) is 22.6 Å². The lowest BCUT2D eigenvalue weighted by Gasteiger charge is -2.33. The summed E-state index contributed by atoms with van der Waals surface area (Å²) < 4.78 is 7.63. The molecule has 1 aliphatic carbocycles. The second kappa shape index (κ2) is 9.89. The van der Waals surface area contributed by atoms with Crippen LogP contribution in [0.5, 0.6) is 0 Å². The highest BCUT2D eigenvalue weighted by Gasteiger charge is 2.31. The number of nitrogens with one attached hydrogen (secondary N) is 2. The Morgan fingerprint density at radius 3 is 2.58 bits per heavy atom. The molecule has 4 heterocycles. The predicted octanol–water partition coefficient (Wildman–Crippen LogP) is 5.42. The molecule has 0 saturated heterocycles. The van der Waals surface area contributed by atoms with Gasteiger partial charge in [-0.3, -0.25) is 4.98 Å². The maximum Gasteiger partial charge on any atom is 0.227 e. The molecule has 1 fully saturated rings. The predicted molar refractivity (Wildman–Crippen MR) is 141 cm³/mol. The van der Waals surface area contributed by atoms with Crippen LogP contribution >= 0.6 is 0 Å². The van der Waals surface area contributed by atoms with Gasteiger partial charge in [-0.25, -0.2) is 4.98 Å². The van der Waals surface area contributed by atoms with Gasteiger partial charge in [0.15, 0.2) is 22.7 Å². The fourth-order valence-electron chi connectivity index (χ4n) is 5.14. The van der Waals surface area contributed by atoms with Crippen molar-refractivity contribution in [2.24, 2.45) is 5.92 Å². The average molecular weight is 490 g/mol. The number of imidazole rings is 1. The van der Waals surface area contributed by atoms with Crippen molar-refractivity contribution in [2.75, 3.05) is 10.6 Å². The van der Waals surface area contributed by atoms with E-state index in [1.165, 1.54) is 12.8 Å². The summed E-state index contributed by atoms with van der Waals surface area (Å²) in [6.45, 7) is 8.31. The summed E-state index contributed by atoms with van der Waals surface area (Å²) in [5.74, 6) is 2.07. The highest BCUT2D eigenvalue weighted by atomic mass is 16.3. The maximum atomic E-state index is 10.8. The zero-order valence-electron chi connectivity index (χ0n) is 21.4. The molecule has 1 atom stereocenters. The van der Waals surface area contributed by atoms with E-state index in [0.717, 1.165) is 41.0 Å². The summed E-state index contributed by atoms with van der Waals surface area (Å²) in [6, 6.07) is 7.90. The summed E-state index contributed by atoms with van der Waals surface area (Å²) in [5, 5.41) is 17.6. The number of fused-ring (bicyclic) bond motifs is 1. The molecule has 4 aromatic rings. The summed E-state index contributed by atoms with van der Waals surface area (Å²) in [4.78, 5) is 18.9. The minimum absolute atomic E-state index is 0.180. The van der Waals surface area contributed by atoms with Gasteiger partial charge < -0.3 is 24.7 Å². The van der Waals surface area contributed by atoms with Crippen LogP contribution in [0.2, 0.25) is 0 Å². The first-order chi connectivity index (χ1) is 17.3. The van der Waals surface area contributed by atoms with Gasteiger partial charge in [0.2, 0.25) is 5.95 Å². The van der Waals surface area contributed by atoms with Crippen molar-refractivity contribution in [3.05, 3.63) is 48.6 Å². The van der Waals surface area contributed by atoms with Crippen LogP contribution in [0.15, 0.2) is 47.5 Å². The first-order valence-corrected chi connectivity index (χ1v) is 12.8. The number of anilines is 2. The van der Waals surface area contributed by atoms with E-state index < -0.39 is 5.60 Å². The van der Waals surface area contributed by atoms with Crippen LogP contribution in [0.3, 0.4) is 0 Å². The van der Waals surface area contributed by atoms with Crippen molar-refractivity contribution in [3.63, 3.8) is 0 Å². The lowest BCUT2D eigenvalue weighted by atomic mass is 9.89. The van der Waals surface area contributed by atoms with Gasteiger partial charge in [-0.1, -0.05) is 32.8 Å². The van der Waals surface area contributed by atoms with E-state index in [9.17, 15) is 5.11 Å². The molecule has 1 unspecified atom stereocenters. The molecule has 0 aromatic carbocycles. The highest BCUT2D eigenvalue weighted by Crippen LogP contribution is 2.33. The summed E-state index contributed by atoms with van der Waals surface area (Å²) >= 11 is 0. The molecule has 9 nitrogen and oxygen atoms in total. The van der Waals surface area contributed by atoms with Gasteiger partial charge in [0, 0.05) is 18.8 Å². The van der Waals surface area contributed by atoms with E-state index in [2.05, 4.69) is 34.0 Å². The number of aliphatic hydroxyl groups is 1. The molecule has 0 radical (unpaired) electrons. The van der Waals surface area contributed by atoms with E-state index in [4.69, 9.17) is 19.4 Å². The number of aromatic nitrogens is 5. The maximum absolute atomic E-state index is 10.8. The van der Waals surface area contributed by atoms with E-state index in [-0.39, 0.29) is 12.0 Å². The minimum atomic E-state index is -0.937. The van der Waals surface area contributed by atoms with Gasteiger partial charge in [-0.05, 0) is 56.4 Å². The fourth-order valence-corrected chi connectivity index (χ4v) is 5.14. The quantitative estimate of drug-likeness (QED) is 0.286. The van der Waals surface area contributed by atoms with E-state index in [0.29, 0.717) is 24.4 Å². The van der Waals surface area contributed by atoms with Gasteiger partial charge in [0.25, 0.3) is 0 Å². The number of pyridine rings is 1. The lowest BCUT2D eigenvalue weighted by molar-refractivity contribution is 0.0438. The molecule has 36 heavy (non-hydrogen) atoms. The molecule has 1 saturated carbocycles. The van der Waals surface area contributed by atoms with Crippen molar-refractivity contribution in [1.82, 2.24) is 24.5 Å². The molecule has 3 N–H and O–H groups in total. The van der Waals surface area contributed by atoms with Gasteiger partial charge in [-0.15, -0.1) is 0 Å². The van der Waals surface area contributed by atoms with Crippen LogP contribution in [-0.4, -0.2) is 41.3 Å². The second-order valence-corrected chi connectivity index (χ2v) is 10.6. The second-order valence-electron chi connectivity index (χ2n) is 10.6. The Morgan fingerprint density at radius 1 is 1.14 bits per heavy atom. The molecular formula is C27H35N7O2. The van der Waals surface area contributed by atoms with Crippen LogP contribution in [0.1, 0.15) is 65.0 Å². The summed E-state index contributed by atoms with van der Waals surface area (Å²) in [7, 11) is 0. The number of hydrogen-bond donors (Lipinski definition) is 3. The van der Waals surface area contributed by atoms with Crippen molar-refractivity contribution < 1.29 is 9.52 Å². The van der Waals surface area contributed by atoms with Gasteiger partial charge in [0.05, 0.1) is 24.2 Å². The number of furan rings is 1. The molecule has 0 spiro atoms. The fraction of sp³-hybridized carbons (Fsp3) is 0.481. The van der Waals surface area contributed by atoms with Crippen LogP contribution in [0.4, 0.5) is 11.8 Å². The molecule has 9 heteroatoms. The zero-order chi connectivity index (χ0) is 25.3. The normalized spacial score (nSPS) is 15.6. The third kappa shape index (κ3) is 5.06. The third-order valence-electron chi connectivity index (χ3n) is 6.91. The Bertz CT molecular complexity index is 1280. The molecule has 190 valence electrons. The molecule has 4 aromatic heterocycles. The van der Waals surface area contributed by atoms with Crippen molar-refractivity contribution in [2.45, 2.75) is 77.6 Å². The van der Waals surface area contributed by atoms with Crippen LogP contribution in [-0.2, 0) is 6.54 Å². The Balaban J connectivity index is 1.45. The van der Waals surface area contributed by atoms with Crippen molar-refractivity contribution >= 4 is 22.9 Å². The lowest BCUT2D eigenvalue weighted by Crippen LogP contribution is -2.45. The molecule has 5 rings (SSSR count). The minimum Gasteiger partial charge on any atom is -0.463 e. The third-order valence-corrected chi connectivity index (χ3v) is 6.91. The number of nitrogens with zero attached hydrogens (tertiary/aromatic N) is 5. The standard InChI is InChI=1S/C27H35N7O2/c1-17(2)23(27(3,4)35)31-26-32-24(22-25(33-26)34(16-30-22)19-8-5-6-9-19)29-15-18-11-12-20(28-14-18)21-10-7-13-36-21/h7,10-14,16-17,19,23,35H,5-6,8-9,15H2,1-4H3,(H2,29,31,32,33). The van der Waals surface area contributed by atoms with E-state index >= 15 is 0 Å². The Kier molecular flexibility index (Phi) is 6.66.